The van der Waals surface area contributed by atoms with Gasteiger partial charge < -0.3 is 19.3 Å². The Balaban J connectivity index is 1.55. The molecular formula is C32H32ClF2N7O. The zero-order valence-electron chi connectivity index (χ0n) is 24.3. The molecule has 0 N–H and O–H groups in total. The van der Waals surface area contributed by atoms with Gasteiger partial charge in [-0.3, -0.25) is 4.79 Å². The number of likely N-dealkylation sites (N-methyl/N-ethyl adjacent to an activating group) is 1. The van der Waals surface area contributed by atoms with Crippen molar-refractivity contribution in [1.82, 2.24) is 24.3 Å². The average molecular weight is 604 g/mol. The van der Waals surface area contributed by atoms with Crippen molar-refractivity contribution in [2.24, 2.45) is 0 Å². The first-order valence-electron chi connectivity index (χ1n) is 14.3. The highest BCUT2D eigenvalue weighted by molar-refractivity contribution is 6.34. The minimum absolute atomic E-state index is 0.103. The summed E-state index contributed by atoms with van der Waals surface area (Å²) in [6, 6.07) is 8.36. The Bertz CT molecular complexity index is 1810. The molecule has 2 atom stereocenters. The van der Waals surface area contributed by atoms with Crippen LogP contribution in [0.2, 0.25) is 5.02 Å². The number of amides is 1. The number of rotatable bonds is 6. The van der Waals surface area contributed by atoms with Crippen molar-refractivity contribution in [3.05, 3.63) is 65.5 Å². The third-order valence-electron chi connectivity index (χ3n) is 8.97. The van der Waals surface area contributed by atoms with Crippen molar-refractivity contribution in [2.75, 3.05) is 38.6 Å². The molecule has 0 spiro atoms. The number of carbonyl (C=O) groups is 1. The van der Waals surface area contributed by atoms with E-state index in [1.807, 2.05) is 18.7 Å². The van der Waals surface area contributed by atoms with Crippen molar-refractivity contribution >= 4 is 45.3 Å². The topological polar surface area (TPSA) is 81.3 Å². The predicted molar refractivity (Wildman–Crippen MR) is 164 cm³/mol. The van der Waals surface area contributed by atoms with Crippen LogP contribution in [0.5, 0.6) is 0 Å². The number of hydrogen-bond donors (Lipinski definition) is 0. The van der Waals surface area contributed by atoms with Gasteiger partial charge in [-0.05, 0) is 63.2 Å². The molecule has 0 bridgehead atoms. The number of aromatic nitrogens is 3. The van der Waals surface area contributed by atoms with Crippen LogP contribution in [0.3, 0.4) is 0 Å². The molecule has 4 aromatic rings. The predicted octanol–water partition coefficient (Wildman–Crippen LogP) is 5.87. The molecule has 0 aliphatic carbocycles. The van der Waals surface area contributed by atoms with E-state index in [0.717, 1.165) is 0 Å². The summed E-state index contributed by atoms with van der Waals surface area (Å²) < 4.78 is 33.2. The van der Waals surface area contributed by atoms with Gasteiger partial charge in [0.05, 0.1) is 29.4 Å². The Morgan fingerprint density at radius 1 is 1.28 bits per heavy atom. The molecule has 222 valence electrons. The molecule has 4 heterocycles. The van der Waals surface area contributed by atoms with Crippen LogP contribution < -0.4 is 4.90 Å². The SMILES string of the molecule is C=CC(=O)N1CC[C@H](n2cnc3c(N4CC(N(C)C)C4)nc4c(F)c(-c5cccc(F)c5C)c(Cl)cc4c32)C[C@H]1CC#N. The Morgan fingerprint density at radius 2 is 2.05 bits per heavy atom. The first-order valence-corrected chi connectivity index (χ1v) is 14.7. The Labute approximate surface area is 253 Å². The van der Waals surface area contributed by atoms with Gasteiger partial charge in [0.1, 0.15) is 16.9 Å². The van der Waals surface area contributed by atoms with Crippen molar-refractivity contribution in [3.63, 3.8) is 0 Å². The smallest absolute Gasteiger partial charge is 0.246 e. The molecule has 2 aromatic carbocycles. The molecular weight excluding hydrogens is 572 g/mol. The third-order valence-corrected chi connectivity index (χ3v) is 9.26. The second-order valence-electron chi connectivity index (χ2n) is 11.6. The van der Waals surface area contributed by atoms with E-state index in [-0.39, 0.29) is 40.5 Å². The van der Waals surface area contributed by atoms with Crippen LogP contribution in [0.1, 0.15) is 30.9 Å². The molecule has 6 rings (SSSR count). The lowest BCUT2D eigenvalue weighted by atomic mass is 9.94. The minimum atomic E-state index is -0.620. The molecule has 43 heavy (non-hydrogen) atoms. The molecule has 2 aromatic heterocycles. The highest BCUT2D eigenvalue weighted by atomic mass is 35.5. The standard InChI is InChI=1S/C32H32ClF2N7O/c1-5-26(43)41-12-10-20(13-19(41)9-11-36)42-17-37-30-31(42)23-14-24(33)27(22-7-6-8-25(34)18(22)2)28(35)29(23)38-32(30)40-15-21(16-40)39(3)4/h5-8,14,17,19-21H,1,9-10,12-13,15-16H2,2-4H3/t19-,20+/m1/s1. The molecule has 2 aliphatic rings. The summed E-state index contributed by atoms with van der Waals surface area (Å²) in [5, 5.41) is 10.1. The number of carbonyl (C=O) groups excluding carboxylic acids is 1. The van der Waals surface area contributed by atoms with E-state index in [2.05, 4.69) is 22.4 Å². The molecule has 8 nitrogen and oxygen atoms in total. The average Bonchev–Trinajstić information content (AvgIpc) is 3.40. The second-order valence-corrected chi connectivity index (χ2v) is 12.0. The van der Waals surface area contributed by atoms with Crippen LogP contribution in [-0.2, 0) is 4.79 Å². The fourth-order valence-electron chi connectivity index (χ4n) is 6.41. The van der Waals surface area contributed by atoms with Gasteiger partial charge in [0, 0.05) is 48.7 Å². The lowest BCUT2D eigenvalue weighted by Crippen LogP contribution is -2.57. The molecule has 1 amide bonds. The van der Waals surface area contributed by atoms with Crippen molar-refractivity contribution in [1.29, 1.82) is 5.26 Å². The zero-order chi connectivity index (χ0) is 30.6. The van der Waals surface area contributed by atoms with Crippen LogP contribution in [0.4, 0.5) is 14.6 Å². The molecule has 2 saturated heterocycles. The molecule has 0 saturated carbocycles. The van der Waals surface area contributed by atoms with Gasteiger partial charge in [0.2, 0.25) is 5.91 Å². The van der Waals surface area contributed by atoms with Gasteiger partial charge in [-0.1, -0.05) is 30.3 Å². The van der Waals surface area contributed by atoms with Crippen LogP contribution in [0.15, 0.2) is 43.2 Å². The van der Waals surface area contributed by atoms with Crippen molar-refractivity contribution in [2.45, 2.75) is 44.3 Å². The fourth-order valence-corrected chi connectivity index (χ4v) is 6.71. The van der Waals surface area contributed by atoms with Gasteiger partial charge >= 0.3 is 0 Å². The summed E-state index contributed by atoms with van der Waals surface area (Å²) in [4.78, 5) is 28.1. The van der Waals surface area contributed by atoms with Crippen LogP contribution in [0.25, 0.3) is 33.1 Å². The molecule has 0 unspecified atom stereocenters. The van der Waals surface area contributed by atoms with Gasteiger partial charge in [-0.25, -0.2) is 18.7 Å². The van der Waals surface area contributed by atoms with E-state index >= 15 is 4.39 Å². The van der Waals surface area contributed by atoms with E-state index in [1.54, 1.807) is 30.3 Å². The summed E-state index contributed by atoms with van der Waals surface area (Å²) in [6.07, 6.45) is 4.36. The number of hydrogen-bond acceptors (Lipinski definition) is 6. The Hall–Kier alpha value is -4.07. The fraction of sp³-hybridized carbons (Fsp3) is 0.375. The number of imidazole rings is 1. The summed E-state index contributed by atoms with van der Waals surface area (Å²) in [5.41, 5.74) is 2.24. The number of halogens is 3. The zero-order valence-corrected chi connectivity index (χ0v) is 25.1. The number of piperidine rings is 1. The second kappa shape index (κ2) is 11.2. The van der Waals surface area contributed by atoms with Gasteiger partial charge in [0.15, 0.2) is 11.6 Å². The number of likely N-dealkylation sites (tertiary alicyclic amines) is 1. The first-order chi connectivity index (χ1) is 20.6. The number of benzene rings is 2. The van der Waals surface area contributed by atoms with E-state index in [9.17, 15) is 14.4 Å². The summed E-state index contributed by atoms with van der Waals surface area (Å²) in [6.45, 7) is 7.09. The molecule has 2 aliphatic heterocycles. The highest BCUT2D eigenvalue weighted by Gasteiger charge is 2.35. The molecule has 0 radical (unpaired) electrons. The van der Waals surface area contributed by atoms with Crippen LogP contribution >= 0.6 is 11.6 Å². The molecule has 11 heteroatoms. The summed E-state index contributed by atoms with van der Waals surface area (Å²) in [7, 11) is 4.05. The number of pyridine rings is 1. The maximum atomic E-state index is 16.6. The monoisotopic (exact) mass is 603 g/mol. The third kappa shape index (κ3) is 4.81. The van der Waals surface area contributed by atoms with Gasteiger partial charge in [-0.2, -0.15) is 5.26 Å². The first kappa shape index (κ1) is 29.0. The van der Waals surface area contributed by atoms with Crippen molar-refractivity contribution in [3.8, 4) is 17.2 Å². The Morgan fingerprint density at radius 3 is 2.74 bits per heavy atom. The maximum absolute atomic E-state index is 16.6. The maximum Gasteiger partial charge on any atom is 0.246 e. The van der Waals surface area contributed by atoms with Gasteiger partial charge in [-0.15, -0.1) is 0 Å². The quantitative estimate of drug-likeness (QED) is 0.256. The number of nitriles is 1. The van der Waals surface area contributed by atoms with Gasteiger partial charge in [0.25, 0.3) is 0 Å². The Kier molecular flexibility index (Phi) is 7.57. The normalized spacial score (nSPS) is 19.2. The van der Waals surface area contributed by atoms with E-state index in [0.29, 0.717) is 71.9 Å². The van der Waals surface area contributed by atoms with E-state index < -0.39 is 11.6 Å². The van der Waals surface area contributed by atoms with E-state index in [4.69, 9.17) is 21.6 Å². The molecule has 2 fully saturated rings. The highest BCUT2D eigenvalue weighted by Crippen LogP contribution is 2.43. The number of nitrogens with zero attached hydrogens (tertiary/aromatic N) is 7. The summed E-state index contributed by atoms with van der Waals surface area (Å²) >= 11 is 6.78. The lowest BCUT2D eigenvalue weighted by molar-refractivity contribution is -0.130. The minimum Gasteiger partial charge on any atom is -0.351 e. The lowest BCUT2D eigenvalue weighted by Gasteiger charge is -2.43. The van der Waals surface area contributed by atoms with E-state index in [1.165, 1.54) is 18.2 Å². The number of anilines is 1. The van der Waals surface area contributed by atoms with Crippen molar-refractivity contribution < 1.29 is 13.6 Å². The number of fused-ring (bicyclic) bond motifs is 3. The summed E-state index contributed by atoms with van der Waals surface area (Å²) in [5.74, 6) is -0.687. The van der Waals surface area contributed by atoms with Crippen LogP contribution in [-0.4, -0.2) is 76.1 Å². The largest absolute Gasteiger partial charge is 0.351 e. The van der Waals surface area contributed by atoms with Crippen LogP contribution in [0, 0.1) is 29.9 Å².